The average Bonchev–Trinajstić information content (AvgIpc) is 2.83. The Labute approximate surface area is 206 Å². The summed E-state index contributed by atoms with van der Waals surface area (Å²) in [6.07, 6.45) is 11.4. The molecule has 188 valence electrons. The van der Waals surface area contributed by atoms with Gasteiger partial charge in [0.1, 0.15) is 6.33 Å². The minimum absolute atomic E-state index is 0.136. The highest BCUT2D eigenvalue weighted by atomic mass is 16.5. The van der Waals surface area contributed by atoms with Gasteiger partial charge >= 0.3 is 12.0 Å². The monoisotopic (exact) mass is 481 g/mol. The number of anilines is 3. The SMILES string of the molecule is COCC(=CC(=O)O)c1ccc(N(CC(C)C)C2CCCCC2)c(NC(=O)Nc2cncnc2)c1. The van der Waals surface area contributed by atoms with E-state index in [1.165, 1.54) is 45.1 Å². The normalized spacial score (nSPS) is 14.6. The molecule has 1 aliphatic rings. The predicted octanol–water partition coefficient (Wildman–Crippen LogP) is 5.03. The van der Waals surface area contributed by atoms with Crippen molar-refractivity contribution >= 4 is 34.6 Å². The molecule has 2 amide bonds. The maximum atomic E-state index is 12.9. The van der Waals surface area contributed by atoms with Gasteiger partial charge in [-0.25, -0.2) is 19.6 Å². The van der Waals surface area contributed by atoms with Gasteiger partial charge < -0.3 is 25.4 Å². The molecule has 0 radical (unpaired) electrons. The van der Waals surface area contributed by atoms with Gasteiger partial charge in [0.2, 0.25) is 0 Å². The highest BCUT2D eigenvalue weighted by molar-refractivity contribution is 6.02. The van der Waals surface area contributed by atoms with Crippen molar-refractivity contribution in [2.45, 2.75) is 52.0 Å². The van der Waals surface area contributed by atoms with Gasteiger partial charge in [-0.2, -0.15) is 0 Å². The molecule has 9 nitrogen and oxygen atoms in total. The number of carbonyl (C=O) groups excluding carboxylic acids is 1. The highest BCUT2D eigenvalue weighted by Crippen LogP contribution is 2.35. The molecule has 0 unspecified atom stereocenters. The third-order valence-electron chi connectivity index (χ3n) is 5.92. The number of hydrogen-bond acceptors (Lipinski definition) is 6. The van der Waals surface area contributed by atoms with Gasteiger partial charge in [-0.15, -0.1) is 0 Å². The van der Waals surface area contributed by atoms with Gasteiger partial charge in [-0.3, -0.25) is 0 Å². The Morgan fingerprint density at radius 1 is 1.17 bits per heavy atom. The summed E-state index contributed by atoms with van der Waals surface area (Å²) in [5.41, 5.74) is 3.18. The molecule has 1 fully saturated rings. The number of ether oxygens (including phenoxy) is 1. The third-order valence-corrected chi connectivity index (χ3v) is 5.92. The molecule has 35 heavy (non-hydrogen) atoms. The van der Waals surface area contributed by atoms with E-state index >= 15 is 0 Å². The summed E-state index contributed by atoms with van der Waals surface area (Å²) in [5.74, 6) is -0.628. The third kappa shape index (κ3) is 7.78. The van der Waals surface area contributed by atoms with E-state index in [9.17, 15) is 14.7 Å². The van der Waals surface area contributed by atoms with E-state index in [4.69, 9.17) is 4.74 Å². The average molecular weight is 482 g/mol. The summed E-state index contributed by atoms with van der Waals surface area (Å²) >= 11 is 0. The fourth-order valence-electron chi connectivity index (χ4n) is 4.48. The van der Waals surface area contributed by atoms with Crippen molar-refractivity contribution in [2.24, 2.45) is 5.92 Å². The van der Waals surface area contributed by atoms with Crippen molar-refractivity contribution in [3.05, 3.63) is 48.6 Å². The van der Waals surface area contributed by atoms with Crippen LogP contribution in [0.2, 0.25) is 0 Å². The maximum Gasteiger partial charge on any atom is 0.328 e. The van der Waals surface area contributed by atoms with E-state index < -0.39 is 12.0 Å². The van der Waals surface area contributed by atoms with Gasteiger partial charge in [-0.05, 0) is 42.0 Å². The highest BCUT2D eigenvalue weighted by Gasteiger charge is 2.25. The lowest BCUT2D eigenvalue weighted by molar-refractivity contribution is -0.131. The molecular weight excluding hydrogens is 446 g/mol. The second-order valence-corrected chi connectivity index (χ2v) is 9.22. The zero-order chi connectivity index (χ0) is 25.2. The van der Waals surface area contributed by atoms with E-state index in [1.807, 2.05) is 18.2 Å². The molecular formula is C26H35N5O4. The molecule has 1 aromatic heterocycles. The van der Waals surface area contributed by atoms with Gasteiger partial charge in [0.05, 0.1) is 36.1 Å². The largest absolute Gasteiger partial charge is 0.478 e. The Balaban J connectivity index is 2.01. The van der Waals surface area contributed by atoms with E-state index in [0.717, 1.165) is 31.1 Å². The summed E-state index contributed by atoms with van der Waals surface area (Å²) in [6.45, 7) is 5.36. The van der Waals surface area contributed by atoms with Crippen LogP contribution in [-0.4, -0.2) is 53.4 Å². The molecule has 0 bridgehead atoms. The first-order chi connectivity index (χ1) is 16.9. The fraction of sp³-hybridized carbons (Fsp3) is 0.462. The number of rotatable bonds is 10. The quantitative estimate of drug-likeness (QED) is 0.408. The van der Waals surface area contributed by atoms with Crippen LogP contribution >= 0.6 is 0 Å². The van der Waals surface area contributed by atoms with Gasteiger partial charge in [0.15, 0.2) is 0 Å². The molecule has 0 atom stereocenters. The molecule has 1 aromatic carbocycles. The molecule has 0 spiro atoms. The number of aliphatic carboxylic acids is 1. The second kappa shape index (κ2) is 12.9. The Bertz CT molecular complexity index is 1020. The standard InChI is InChI=1S/C26H35N5O4/c1-18(2)15-31(22-7-5-4-6-8-22)24-10-9-19(20(16-35-3)12-25(32)33)11-23(24)30-26(34)29-21-13-27-17-28-14-21/h9-14,17-18,22H,4-8,15-16H2,1-3H3,(H,32,33)(H2,29,30,34). The molecule has 3 N–H and O–H groups in total. The van der Waals surface area contributed by atoms with Crippen LogP contribution < -0.4 is 15.5 Å². The summed E-state index contributed by atoms with van der Waals surface area (Å²) in [6, 6.07) is 5.64. The van der Waals surface area contributed by atoms with Crippen molar-refractivity contribution in [3.8, 4) is 0 Å². The summed E-state index contributed by atoms with van der Waals surface area (Å²) in [5, 5.41) is 15.1. The molecule has 1 aliphatic carbocycles. The maximum absolute atomic E-state index is 12.9. The van der Waals surface area contributed by atoms with E-state index in [2.05, 4.69) is 39.3 Å². The number of urea groups is 1. The number of amides is 2. The molecule has 9 heteroatoms. The smallest absolute Gasteiger partial charge is 0.328 e. The molecule has 0 aliphatic heterocycles. The van der Waals surface area contributed by atoms with Gasteiger partial charge in [0, 0.05) is 25.8 Å². The van der Waals surface area contributed by atoms with E-state index in [0.29, 0.717) is 34.5 Å². The van der Waals surface area contributed by atoms with Crippen molar-refractivity contribution in [1.82, 2.24) is 9.97 Å². The number of nitrogens with zero attached hydrogens (tertiary/aromatic N) is 3. The number of carbonyl (C=O) groups is 2. The first-order valence-electron chi connectivity index (χ1n) is 12.0. The van der Waals surface area contributed by atoms with Gasteiger partial charge in [-0.1, -0.05) is 39.2 Å². The van der Waals surface area contributed by atoms with E-state index in [-0.39, 0.29) is 6.61 Å². The van der Waals surface area contributed by atoms with E-state index in [1.54, 1.807) is 0 Å². The zero-order valence-electron chi connectivity index (χ0n) is 20.7. The van der Waals surface area contributed by atoms with Crippen molar-refractivity contribution in [1.29, 1.82) is 0 Å². The van der Waals surface area contributed by atoms with Crippen LogP contribution in [0, 0.1) is 5.92 Å². The topological polar surface area (TPSA) is 117 Å². The number of carboxylic acids is 1. The lowest BCUT2D eigenvalue weighted by atomic mass is 9.92. The number of carboxylic acid groups (broad SMARTS) is 1. The first-order valence-corrected chi connectivity index (χ1v) is 12.0. The van der Waals surface area contributed by atoms with Crippen LogP contribution in [0.15, 0.2) is 43.0 Å². The lowest BCUT2D eigenvalue weighted by Crippen LogP contribution is -2.40. The molecule has 2 aromatic rings. The molecule has 1 saturated carbocycles. The van der Waals surface area contributed by atoms with Crippen LogP contribution in [0.5, 0.6) is 0 Å². The van der Waals surface area contributed by atoms with Crippen LogP contribution in [0.25, 0.3) is 5.57 Å². The minimum atomic E-state index is -1.05. The summed E-state index contributed by atoms with van der Waals surface area (Å²) in [4.78, 5) is 34.6. The second-order valence-electron chi connectivity index (χ2n) is 9.22. The van der Waals surface area contributed by atoms with Crippen LogP contribution in [0.1, 0.15) is 51.5 Å². The molecule has 1 heterocycles. The van der Waals surface area contributed by atoms with Crippen molar-refractivity contribution in [3.63, 3.8) is 0 Å². The Morgan fingerprint density at radius 2 is 1.89 bits per heavy atom. The Hall–Kier alpha value is -3.46. The fourth-order valence-corrected chi connectivity index (χ4v) is 4.48. The van der Waals surface area contributed by atoms with Crippen molar-refractivity contribution < 1.29 is 19.4 Å². The number of aromatic nitrogens is 2. The van der Waals surface area contributed by atoms with Crippen LogP contribution in [-0.2, 0) is 9.53 Å². The number of hydrogen-bond donors (Lipinski definition) is 3. The summed E-state index contributed by atoms with van der Waals surface area (Å²) < 4.78 is 5.23. The predicted molar refractivity (Wildman–Crippen MR) is 138 cm³/mol. The Morgan fingerprint density at radius 3 is 2.51 bits per heavy atom. The number of benzene rings is 1. The van der Waals surface area contributed by atoms with Crippen molar-refractivity contribution in [2.75, 3.05) is 35.8 Å². The summed E-state index contributed by atoms with van der Waals surface area (Å²) in [7, 11) is 1.52. The molecule has 0 saturated heterocycles. The van der Waals surface area contributed by atoms with Crippen LogP contribution in [0.4, 0.5) is 21.9 Å². The zero-order valence-corrected chi connectivity index (χ0v) is 20.7. The first kappa shape index (κ1) is 26.2. The lowest BCUT2D eigenvalue weighted by Gasteiger charge is -2.38. The van der Waals surface area contributed by atoms with Gasteiger partial charge in [0.25, 0.3) is 0 Å². The minimum Gasteiger partial charge on any atom is -0.478 e. The Kier molecular flexibility index (Phi) is 9.60. The number of nitrogens with one attached hydrogen (secondary N) is 2. The molecule has 3 rings (SSSR count). The number of methoxy groups -OCH3 is 1. The van der Waals surface area contributed by atoms with Crippen LogP contribution in [0.3, 0.4) is 0 Å².